The molecule has 184 valence electrons. The highest BCUT2D eigenvalue weighted by atomic mass is 32.2. The number of hydrogen-bond donors (Lipinski definition) is 3. The zero-order valence-electron chi connectivity index (χ0n) is 19.0. The molecule has 1 atom stereocenters. The van der Waals surface area contributed by atoms with E-state index >= 15 is 0 Å². The smallest absolute Gasteiger partial charge is 0.321 e. The Morgan fingerprint density at radius 3 is 2.29 bits per heavy atom. The fourth-order valence-electron chi connectivity index (χ4n) is 3.66. The van der Waals surface area contributed by atoms with Crippen LogP contribution < -0.4 is 10.0 Å². The van der Waals surface area contributed by atoms with Crippen LogP contribution >= 0.6 is 0 Å². The van der Waals surface area contributed by atoms with Crippen molar-refractivity contribution in [2.45, 2.75) is 30.2 Å². The summed E-state index contributed by atoms with van der Waals surface area (Å²) in [6, 6.07) is 14.3. The van der Waals surface area contributed by atoms with Crippen LogP contribution in [-0.2, 0) is 24.3 Å². The summed E-state index contributed by atoms with van der Waals surface area (Å²) in [6.45, 7) is 4.52. The van der Waals surface area contributed by atoms with Crippen molar-refractivity contribution in [3.05, 3.63) is 54.6 Å². The minimum absolute atomic E-state index is 0.0361. The minimum Gasteiger partial charge on any atom is -0.480 e. The van der Waals surface area contributed by atoms with Crippen molar-refractivity contribution in [2.24, 2.45) is 0 Å². The third-order valence-electron chi connectivity index (χ3n) is 5.60. The van der Waals surface area contributed by atoms with E-state index in [1.54, 1.807) is 12.1 Å². The number of aliphatic carboxylic acids is 1. The molecule has 1 saturated heterocycles. The summed E-state index contributed by atoms with van der Waals surface area (Å²) in [4.78, 5) is 26.0. The highest BCUT2D eigenvalue weighted by Gasteiger charge is 2.26. The van der Waals surface area contributed by atoms with Crippen molar-refractivity contribution in [2.75, 3.05) is 39.4 Å². The lowest BCUT2D eigenvalue weighted by atomic mass is 10.1. The summed E-state index contributed by atoms with van der Waals surface area (Å²) < 4.78 is 32.9. The fourth-order valence-corrected chi connectivity index (χ4v) is 4.89. The van der Waals surface area contributed by atoms with Gasteiger partial charge in [0.25, 0.3) is 0 Å². The molecule has 1 aliphatic rings. The number of nitrogens with zero attached hydrogens (tertiary/aromatic N) is 1. The number of carboxylic acids is 1. The van der Waals surface area contributed by atoms with Gasteiger partial charge in [-0.3, -0.25) is 14.5 Å². The van der Waals surface area contributed by atoms with Gasteiger partial charge in [-0.25, -0.2) is 8.42 Å². The molecule has 1 heterocycles. The number of benzene rings is 2. The fraction of sp³-hybridized carbons (Fsp3) is 0.417. The molecule has 3 rings (SSSR count). The topological polar surface area (TPSA) is 125 Å². The van der Waals surface area contributed by atoms with E-state index < -0.39 is 22.0 Å². The van der Waals surface area contributed by atoms with E-state index in [0.717, 1.165) is 50.4 Å². The molecule has 0 spiro atoms. The van der Waals surface area contributed by atoms with E-state index in [0.29, 0.717) is 6.54 Å². The van der Waals surface area contributed by atoms with Crippen molar-refractivity contribution in [1.82, 2.24) is 14.9 Å². The first kappa shape index (κ1) is 25.8. The number of carbonyl (C=O) groups is 2. The lowest BCUT2D eigenvalue weighted by Gasteiger charge is -2.26. The van der Waals surface area contributed by atoms with E-state index in [4.69, 9.17) is 4.74 Å². The van der Waals surface area contributed by atoms with Gasteiger partial charge in [0, 0.05) is 26.1 Å². The van der Waals surface area contributed by atoms with E-state index in [9.17, 15) is 23.1 Å². The molecule has 2 aromatic carbocycles. The van der Waals surface area contributed by atoms with Gasteiger partial charge in [0.15, 0.2) is 0 Å². The Kier molecular flexibility index (Phi) is 9.58. The van der Waals surface area contributed by atoms with Crippen LogP contribution in [0.3, 0.4) is 0 Å². The van der Waals surface area contributed by atoms with Gasteiger partial charge in [-0.2, -0.15) is 4.72 Å². The van der Waals surface area contributed by atoms with Gasteiger partial charge in [-0.1, -0.05) is 42.5 Å². The molecular formula is C24H31N3O6S. The van der Waals surface area contributed by atoms with Gasteiger partial charge in [0.2, 0.25) is 15.9 Å². The van der Waals surface area contributed by atoms with Crippen LogP contribution in [0.15, 0.2) is 59.5 Å². The first-order valence-electron chi connectivity index (χ1n) is 11.3. The van der Waals surface area contributed by atoms with Gasteiger partial charge < -0.3 is 15.2 Å². The molecule has 10 heteroatoms. The van der Waals surface area contributed by atoms with Crippen LogP contribution in [0.4, 0.5) is 0 Å². The van der Waals surface area contributed by atoms with Gasteiger partial charge in [-0.05, 0) is 42.6 Å². The van der Waals surface area contributed by atoms with Crippen molar-refractivity contribution in [3.63, 3.8) is 0 Å². The third-order valence-corrected chi connectivity index (χ3v) is 7.09. The summed E-state index contributed by atoms with van der Waals surface area (Å²) >= 11 is 0. The molecule has 0 radical (unpaired) electrons. The zero-order chi connectivity index (χ0) is 24.4. The molecule has 9 nitrogen and oxygen atoms in total. The number of rotatable bonds is 12. The van der Waals surface area contributed by atoms with Crippen molar-refractivity contribution in [1.29, 1.82) is 0 Å². The number of nitrogens with one attached hydrogen (secondary N) is 2. The third kappa shape index (κ3) is 7.91. The molecule has 1 aliphatic heterocycles. The van der Waals surface area contributed by atoms with E-state index in [2.05, 4.69) is 14.9 Å². The van der Waals surface area contributed by atoms with Crippen LogP contribution in [-0.4, -0.2) is 75.7 Å². The Morgan fingerprint density at radius 2 is 1.65 bits per heavy atom. The first-order valence-corrected chi connectivity index (χ1v) is 12.8. The molecule has 1 fully saturated rings. The molecule has 0 unspecified atom stereocenters. The standard InChI is InChI=1S/C24H31N3O6S/c28-23(25-13-4-14-27-15-17-33-18-16-27)12-11-22(24(29)30)26-34(31,32)21-9-7-20(8-10-21)19-5-2-1-3-6-19/h1-3,5-10,22,26H,4,11-18H2,(H,25,28)(H,29,30)/t22-/m0/s1. The normalized spacial score (nSPS) is 15.5. The monoisotopic (exact) mass is 489 g/mol. The van der Waals surface area contributed by atoms with E-state index in [1.807, 2.05) is 30.3 Å². The van der Waals surface area contributed by atoms with Crippen molar-refractivity contribution < 1.29 is 27.9 Å². The number of amides is 1. The average Bonchev–Trinajstić information content (AvgIpc) is 2.85. The summed E-state index contributed by atoms with van der Waals surface area (Å²) in [5.74, 6) is -1.63. The Balaban J connectivity index is 1.47. The van der Waals surface area contributed by atoms with Crippen LogP contribution in [0.1, 0.15) is 19.3 Å². The zero-order valence-corrected chi connectivity index (χ0v) is 19.8. The van der Waals surface area contributed by atoms with Crippen LogP contribution in [0.25, 0.3) is 11.1 Å². The van der Waals surface area contributed by atoms with Crippen molar-refractivity contribution in [3.8, 4) is 11.1 Å². The molecular weight excluding hydrogens is 458 g/mol. The maximum Gasteiger partial charge on any atom is 0.321 e. The quantitative estimate of drug-likeness (QED) is 0.388. The molecule has 0 aliphatic carbocycles. The van der Waals surface area contributed by atoms with E-state index in [-0.39, 0.29) is 23.6 Å². The van der Waals surface area contributed by atoms with Gasteiger partial charge in [0.1, 0.15) is 6.04 Å². The number of carbonyl (C=O) groups excluding carboxylic acids is 1. The lowest BCUT2D eigenvalue weighted by Crippen LogP contribution is -2.41. The first-order chi connectivity index (χ1) is 16.3. The summed E-state index contributed by atoms with van der Waals surface area (Å²) in [6.07, 6.45) is 0.537. The number of hydrogen-bond acceptors (Lipinski definition) is 6. The Labute approximate surface area is 200 Å². The average molecular weight is 490 g/mol. The molecule has 0 bridgehead atoms. The number of morpholine rings is 1. The SMILES string of the molecule is O=C(CC[C@H](NS(=O)(=O)c1ccc(-c2ccccc2)cc1)C(=O)O)NCCCN1CCOCC1. The minimum atomic E-state index is -4.06. The maximum absolute atomic E-state index is 12.7. The highest BCUT2D eigenvalue weighted by molar-refractivity contribution is 7.89. The second-order valence-corrected chi connectivity index (χ2v) is 9.81. The second kappa shape index (κ2) is 12.6. The predicted octanol–water partition coefficient (Wildman–Crippen LogP) is 1.70. The lowest BCUT2D eigenvalue weighted by molar-refractivity contribution is -0.139. The second-order valence-electron chi connectivity index (χ2n) is 8.10. The summed E-state index contributed by atoms with van der Waals surface area (Å²) in [5, 5.41) is 12.2. The molecule has 0 saturated carbocycles. The molecule has 3 N–H and O–H groups in total. The highest BCUT2D eigenvalue weighted by Crippen LogP contribution is 2.21. The predicted molar refractivity (Wildman–Crippen MR) is 128 cm³/mol. The van der Waals surface area contributed by atoms with Gasteiger partial charge in [0.05, 0.1) is 18.1 Å². The summed E-state index contributed by atoms with van der Waals surface area (Å²) in [5.41, 5.74) is 1.79. The molecule has 0 aromatic heterocycles. The number of sulfonamides is 1. The van der Waals surface area contributed by atoms with Crippen LogP contribution in [0.2, 0.25) is 0 Å². The Bertz CT molecular complexity index is 1040. The van der Waals surface area contributed by atoms with Crippen molar-refractivity contribution >= 4 is 21.9 Å². The number of carboxylic acid groups (broad SMARTS) is 1. The molecule has 1 amide bonds. The Morgan fingerprint density at radius 1 is 1.00 bits per heavy atom. The Hall–Kier alpha value is -2.79. The van der Waals surface area contributed by atoms with E-state index in [1.165, 1.54) is 12.1 Å². The number of ether oxygens (including phenoxy) is 1. The maximum atomic E-state index is 12.7. The molecule has 34 heavy (non-hydrogen) atoms. The summed E-state index contributed by atoms with van der Waals surface area (Å²) in [7, 11) is -4.06. The largest absolute Gasteiger partial charge is 0.480 e. The van der Waals surface area contributed by atoms with Crippen LogP contribution in [0.5, 0.6) is 0 Å². The van der Waals surface area contributed by atoms with Crippen LogP contribution in [0, 0.1) is 0 Å². The molecule has 2 aromatic rings. The van der Waals surface area contributed by atoms with Gasteiger partial charge in [-0.15, -0.1) is 0 Å². The van der Waals surface area contributed by atoms with Gasteiger partial charge >= 0.3 is 5.97 Å².